The number of fused-ring (bicyclic) bond motifs is 2. The van der Waals surface area contributed by atoms with Gasteiger partial charge in [-0.25, -0.2) is 4.79 Å². The van der Waals surface area contributed by atoms with Crippen LogP contribution in [0, 0.1) is 0 Å². The number of aromatic hydroxyl groups is 1. The Hall–Kier alpha value is -3.06. The molecule has 4 rings (SSSR count). The fourth-order valence-corrected chi connectivity index (χ4v) is 4.63. The number of dihydropyridines is 1. The third-order valence-corrected chi connectivity index (χ3v) is 6.03. The van der Waals surface area contributed by atoms with Crippen LogP contribution in [0.5, 0.6) is 11.5 Å². The molecule has 0 saturated carbocycles. The van der Waals surface area contributed by atoms with Gasteiger partial charge in [0.1, 0.15) is 0 Å². The lowest BCUT2D eigenvalue weighted by Gasteiger charge is -2.29. The summed E-state index contributed by atoms with van der Waals surface area (Å²) in [6, 6.07) is 10.8. The van der Waals surface area contributed by atoms with Gasteiger partial charge in [-0.15, -0.1) is 0 Å². The fraction of sp³-hybridized carbons (Fsp3) is 0.250. The average Bonchev–Trinajstić information content (AvgIpc) is 3.02. The predicted octanol–water partition coefficient (Wildman–Crippen LogP) is 4.68. The number of nitrogens with one attached hydrogen (secondary N) is 1. The van der Waals surface area contributed by atoms with E-state index in [1.165, 1.54) is 0 Å². The van der Waals surface area contributed by atoms with E-state index in [2.05, 4.69) is 21.2 Å². The molecule has 7 heteroatoms. The summed E-state index contributed by atoms with van der Waals surface area (Å²) in [5.41, 5.74) is 4.19. The van der Waals surface area contributed by atoms with E-state index in [0.29, 0.717) is 44.7 Å². The maximum atomic E-state index is 13.4. The van der Waals surface area contributed by atoms with Crippen LogP contribution < -0.4 is 10.1 Å². The van der Waals surface area contributed by atoms with E-state index in [1.54, 1.807) is 32.0 Å². The third kappa shape index (κ3) is 3.43. The normalized spacial score (nSPS) is 17.3. The van der Waals surface area contributed by atoms with Crippen LogP contribution in [0.25, 0.3) is 5.70 Å². The maximum absolute atomic E-state index is 13.4. The SMILES string of the molecule is CCOC(=O)C1=C(C)NC2=C(C(=O)c3ccccc32)[C@@H]1c1cc(Br)c(O)c(OCC)c1. The molecule has 0 saturated heterocycles. The minimum atomic E-state index is -0.675. The van der Waals surface area contributed by atoms with Crippen LogP contribution in [0.2, 0.25) is 0 Å². The summed E-state index contributed by atoms with van der Waals surface area (Å²) < 4.78 is 11.3. The van der Waals surface area contributed by atoms with Crippen molar-refractivity contribution in [3.8, 4) is 11.5 Å². The van der Waals surface area contributed by atoms with Crippen LogP contribution in [-0.2, 0) is 9.53 Å². The van der Waals surface area contributed by atoms with E-state index in [0.717, 1.165) is 5.56 Å². The smallest absolute Gasteiger partial charge is 0.336 e. The van der Waals surface area contributed by atoms with Gasteiger partial charge in [-0.3, -0.25) is 4.79 Å². The minimum absolute atomic E-state index is 0.0341. The van der Waals surface area contributed by atoms with Crippen LogP contribution in [0.4, 0.5) is 0 Å². The van der Waals surface area contributed by atoms with Gasteiger partial charge in [-0.1, -0.05) is 24.3 Å². The standard InChI is InChI=1S/C24H22BrNO5/c1-4-30-17-11-13(10-16(25)23(17)28)19-18(24(29)31-5-2)12(3)26-21-14-8-6-7-9-15(14)22(27)20(19)21/h6-11,19,26,28H,4-5H2,1-3H3/t19-/m1/s1. The van der Waals surface area contributed by atoms with Crippen LogP contribution in [0.15, 0.2) is 57.7 Å². The Morgan fingerprint density at radius 1 is 1.16 bits per heavy atom. The number of hydrogen-bond acceptors (Lipinski definition) is 6. The first-order valence-electron chi connectivity index (χ1n) is 10.1. The number of esters is 1. The molecule has 1 heterocycles. The second-order valence-corrected chi connectivity index (χ2v) is 8.12. The number of carbonyl (C=O) groups excluding carboxylic acids is 2. The first-order valence-corrected chi connectivity index (χ1v) is 10.9. The molecule has 31 heavy (non-hydrogen) atoms. The van der Waals surface area contributed by atoms with Gasteiger partial charge >= 0.3 is 5.97 Å². The topological polar surface area (TPSA) is 84.9 Å². The summed E-state index contributed by atoms with van der Waals surface area (Å²) in [5.74, 6) is -1.06. The molecule has 1 atom stereocenters. The van der Waals surface area contributed by atoms with E-state index in [-0.39, 0.29) is 23.9 Å². The fourth-order valence-electron chi connectivity index (χ4n) is 4.17. The van der Waals surface area contributed by atoms with E-state index in [9.17, 15) is 14.7 Å². The van der Waals surface area contributed by atoms with Gasteiger partial charge in [-0.05, 0) is 54.4 Å². The Balaban J connectivity index is 1.96. The first kappa shape index (κ1) is 21.2. The van der Waals surface area contributed by atoms with Gasteiger partial charge in [-0.2, -0.15) is 0 Å². The lowest BCUT2D eigenvalue weighted by atomic mass is 9.79. The molecule has 0 bridgehead atoms. The first-order chi connectivity index (χ1) is 14.9. The number of ether oxygens (including phenoxy) is 2. The van der Waals surface area contributed by atoms with Crippen LogP contribution in [-0.4, -0.2) is 30.1 Å². The molecular weight excluding hydrogens is 462 g/mol. The number of allylic oxidation sites excluding steroid dienone is 2. The average molecular weight is 484 g/mol. The van der Waals surface area contributed by atoms with Crippen molar-refractivity contribution in [2.24, 2.45) is 0 Å². The summed E-state index contributed by atoms with van der Waals surface area (Å²) in [6.07, 6.45) is 0. The number of phenols is 1. The molecule has 0 spiro atoms. The highest BCUT2D eigenvalue weighted by atomic mass is 79.9. The van der Waals surface area contributed by atoms with Crippen molar-refractivity contribution in [2.45, 2.75) is 26.7 Å². The molecule has 160 valence electrons. The van der Waals surface area contributed by atoms with E-state index >= 15 is 0 Å². The Morgan fingerprint density at radius 3 is 2.55 bits per heavy atom. The number of Topliss-reactive ketones (excluding diaryl/α,β-unsaturated/α-hetero) is 1. The van der Waals surface area contributed by atoms with E-state index in [1.807, 2.05) is 25.1 Å². The highest BCUT2D eigenvalue weighted by Gasteiger charge is 2.43. The number of halogens is 1. The molecule has 0 aromatic heterocycles. The monoisotopic (exact) mass is 483 g/mol. The molecule has 0 radical (unpaired) electrons. The van der Waals surface area contributed by atoms with Crippen molar-refractivity contribution >= 4 is 33.4 Å². The number of carbonyl (C=O) groups is 2. The van der Waals surface area contributed by atoms with Crippen molar-refractivity contribution in [1.29, 1.82) is 0 Å². The largest absolute Gasteiger partial charge is 0.503 e. The van der Waals surface area contributed by atoms with Crippen molar-refractivity contribution in [2.75, 3.05) is 13.2 Å². The molecule has 0 unspecified atom stereocenters. The summed E-state index contributed by atoms with van der Waals surface area (Å²) in [7, 11) is 0. The van der Waals surface area contributed by atoms with Crippen LogP contribution in [0.3, 0.4) is 0 Å². The molecule has 0 fully saturated rings. The Kier molecular flexibility index (Phi) is 5.62. The lowest BCUT2D eigenvalue weighted by molar-refractivity contribution is -0.138. The van der Waals surface area contributed by atoms with Crippen LogP contribution in [0.1, 0.15) is 48.2 Å². The quantitative estimate of drug-likeness (QED) is 0.600. The highest BCUT2D eigenvalue weighted by Crippen LogP contribution is 2.49. The van der Waals surface area contributed by atoms with Gasteiger partial charge in [0.15, 0.2) is 17.3 Å². The summed E-state index contributed by atoms with van der Waals surface area (Å²) in [4.78, 5) is 26.4. The van der Waals surface area contributed by atoms with E-state index < -0.39 is 11.9 Å². The van der Waals surface area contributed by atoms with Crippen molar-refractivity contribution in [3.63, 3.8) is 0 Å². The van der Waals surface area contributed by atoms with E-state index in [4.69, 9.17) is 9.47 Å². The summed E-state index contributed by atoms with van der Waals surface area (Å²) in [6.45, 7) is 5.92. The second-order valence-electron chi connectivity index (χ2n) is 7.26. The molecule has 2 aromatic carbocycles. The number of ketones is 1. The molecule has 2 N–H and O–H groups in total. The number of rotatable bonds is 5. The van der Waals surface area contributed by atoms with Crippen molar-refractivity contribution in [1.82, 2.24) is 5.32 Å². The van der Waals surface area contributed by atoms with Gasteiger partial charge < -0.3 is 19.9 Å². The van der Waals surface area contributed by atoms with Gasteiger partial charge in [0.25, 0.3) is 0 Å². The van der Waals surface area contributed by atoms with Gasteiger partial charge in [0.2, 0.25) is 0 Å². The molecule has 1 aliphatic carbocycles. The maximum Gasteiger partial charge on any atom is 0.336 e. The predicted molar refractivity (Wildman–Crippen MR) is 120 cm³/mol. The highest BCUT2D eigenvalue weighted by molar-refractivity contribution is 9.10. The number of hydrogen-bond donors (Lipinski definition) is 2. The van der Waals surface area contributed by atoms with Gasteiger partial charge in [0.05, 0.1) is 29.0 Å². The molecule has 1 aliphatic heterocycles. The number of benzene rings is 2. The summed E-state index contributed by atoms with van der Waals surface area (Å²) >= 11 is 3.37. The molecule has 0 amide bonds. The van der Waals surface area contributed by atoms with Crippen molar-refractivity contribution in [3.05, 3.63) is 74.4 Å². The van der Waals surface area contributed by atoms with Gasteiger partial charge in [0, 0.05) is 28.3 Å². The second kappa shape index (κ2) is 8.23. The van der Waals surface area contributed by atoms with Crippen LogP contribution >= 0.6 is 15.9 Å². The zero-order valence-electron chi connectivity index (χ0n) is 17.4. The summed E-state index contributed by atoms with van der Waals surface area (Å²) in [5, 5.41) is 13.6. The Labute approximate surface area is 188 Å². The molecule has 6 nitrogen and oxygen atoms in total. The molecular formula is C24H22BrNO5. The zero-order chi connectivity index (χ0) is 22.3. The molecule has 2 aliphatic rings. The Bertz CT molecular complexity index is 1160. The number of phenolic OH excluding ortho intramolecular Hbond substituents is 1. The third-order valence-electron chi connectivity index (χ3n) is 5.43. The molecule has 2 aromatic rings. The Morgan fingerprint density at radius 2 is 1.87 bits per heavy atom. The van der Waals surface area contributed by atoms with Crippen molar-refractivity contribution < 1.29 is 24.2 Å². The minimum Gasteiger partial charge on any atom is -0.503 e. The zero-order valence-corrected chi connectivity index (χ0v) is 19.0. The lowest BCUT2D eigenvalue weighted by Crippen LogP contribution is -2.29.